The van der Waals surface area contributed by atoms with Crippen molar-refractivity contribution in [2.75, 3.05) is 5.32 Å². The Balaban J connectivity index is 1.95. The largest absolute Gasteiger partial charge is 0.350 e. The summed E-state index contributed by atoms with van der Waals surface area (Å²) in [6, 6.07) is 6.61. The van der Waals surface area contributed by atoms with Crippen molar-refractivity contribution in [2.24, 2.45) is 0 Å². The van der Waals surface area contributed by atoms with Gasteiger partial charge in [0, 0.05) is 11.7 Å². The predicted molar refractivity (Wildman–Crippen MR) is 59.0 cm³/mol. The lowest BCUT2D eigenvalue weighted by atomic mass is 9.93. The van der Waals surface area contributed by atoms with Crippen LogP contribution in [0.25, 0.3) is 5.65 Å². The van der Waals surface area contributed by atoms with Gasteiger partial charge in [-0.05, 0) is 38.3 Å². The number of nitrogens with zero attached hydrogens (tertiary/aromatic N) is 3. The first-order valence-corrected chi connectivity index (χ1v) is 5.42. The second kappa shape index (κ2) is 3.22. The average Bonchev–Trinajstić information content (AvgIpc) is 2.56. The van der Waals surface area contributed by atoms with Crippen LogP contribution >= 0.6 is 0 Å². The summed E-state index contributed by atoms with van der Waals surface area (Å²) in [6.45, 7) is 2.04. The maximum atomic E-state index is 4.44. The maximum absolute atomic E-state index is 4.44. The smallest absolute Gasteiger partial charge is 0.243 e. The molecule has 2 heterocycles. The van der Waals surface area contributed by atoms with Gasteiger partial charge in [-0.25, -0.2) is 4.52 Å². The Bertz CT molecular complexity index is 484. The number of hydrogen-bond donors (Lipinski definition) is 1. The van der Waals surface area contributed by atoms with Gasteiger partial charge in [-0.1, -0.05) is 6.07 Å². The summed E-state index contributed by atoms with van der Waals surface area (Å²) in [4.78, 5) is 4.44. The zero-order valence-electron chi connectivity index (χ0n) is 8.77. The van der Waals surface area contributed by atoms with Crippen molar-refractivity contribution >= 4 is 11.6 Å². The van der Waals surface area contributed by atoms with E-state index in [1.807, 2.05) is 29.6 Å². The second-order valence-corrected chi connectivity index (χ2v) is 4.14. The van der Waals surface area contributed by atoms with Crippen molar-refractivity contribution < 1.29 is 0 Å². The fourth-order valence-corrected chi connectivity index (χ4v) is 1.83. The lowest BCUT2D eigenvalue weighted by molar-refractivity contribution is 0.443. The number of aromatic nitrogens is 3. The van der Waals surface area contributed by atoms with Gasteiger partial charge < -0.3 is 5.32 Å². The summed E-state index contributed by atoms with van der Waals surface area (Å²) in [5.41, 5.74) is 2.03. The van der Waals surface area contributed by atoms with E-state index in [1.54, 1.807) is 0 Å². The van der Waals surface area contributed by atoms with Crippen molar-refractivity contribution in [1.82, 2.24) is 14.6 Å². The normalized spacial score (nSPS) is 16.6. The first-order valence-electron chi connectivity index (χ1n) is 5.42. The Morgan fingerprint density at radius 1 is 1.40 bits per heavy atom. The minimum atomic E-state index is 0.586. The number of hydrogen-bond acceptors (Lipinski definition) is 3. The van der Waals surface area contributed by atoms with Crippen LogP contribution in [-0.4, -0.2) is 20.6 Å². The molecule has 0 radical (unpaired) electrons. The second-order valence-electron chi connectivity index (χ2n) is 4.14. The zero-order valence-corrected chi connectivity index (χ0v) is 8.77. The molecule has 1 fully saturated rings. The fourth-order valence-electron chi connectivity index (χ4n) is 1.83. The highest BCUT2D eigenvalue weighted by atomic mass is 15.4. The van der Waals surface area contributed by atoms with Gasteiger partial charge in [-0.15, -0.1) is 5.10 Å². The molecule has 0 spiro atoms. The lowest BCUT2D eigenvalue weighted by Crippen LogP contribution is -2.27. The first-order chi connectivity index (χ1) is 7.33. The molecule has 2 aromatic heterocycles. The molecule has 1 aliphatic carbocycles. The van der Waals surface area contributed by atoms with Crippen molar-refractivity contribution in [2.45, 2.75) is 32.2 Å². The number of fused-ring (bicyclic) bond motifs is 1. The van der Waals surface area contributed by atoms with E-state index in [0.717, 1.165) is 17.3 Å². The molecule has 4 nitrogen and oxygen atoms in total. The first kappa shape index (κ1) is 8.71. The highest BCUT2D eigenvalue weighted by molar-refractivity contribution is 5.44. The van der Waals surface area contributed by atoms with E-state index in [0.29, 0.717) is 6.04 Å². The van der Waals surface area contributed by atoms with Crippen molar-refractivity contribution in [3.8, 4) is 0 Å². The zero-order chi connectivity index (χ0) is 10.3. The van der Waals surface area contributed by atoms with Crippen LogP contribution in [0.3, 0.4) is 0 Å². The third-order valence-electron chi connectivity index (χ3n) is 2.99. The molecule has 2 aromatic rings. The van der Waals surface area contributed by atoms with E-state index >= 15 is 0 Å². The van der Waals surface area contributed by atoms with Crippen molar-refractivity contribution in [1.29, 1.82) is 0 Å². The molecule has 0 amide bonds. The molecule has 0 aromatic carbocycles. The molecule has 15 heavy (non-hydrogen) atoms. The molecule has 1 aliphatic rings. The van der Waals surface area contributed by atoms with Crippen molar-refractivity contribution in [3.63, 3.8) is 0 Å². The molecule has 0 aliphatic heterocycles. The van der Waals surface area contributed by atoms with Crippen molar-refractivity contribution in [3.05, 3.63) is 23.9 Å². The summed E-state index contributed by atoms with van der Waals surface area (Å²) in [6.07, 6.45) is 3.81. The standard InChI is InChI=1S/C11H14N4/c1-8-4-2-7-10-13-11(14-15(8)10)12-9-5-3-6-9/h2,4,7,9H,3,5-6H2,1H3,(H,12,14). The Hall–Kier alpha value is -1.58. The topological polar surface area (TPSA) is 42.2 Å². The Kier molecular flexibility index (Phi) is 1.87. The van der Waals surface area contributed by atoms with Crippen LogP contribution in [0.1, 0.15) is 25.0 Å². The minimum absolute atomic E-state index is 0.586. The number of rotatable bonds is 2. The third-order valence-corrected chi connectivity index (χ3v) is 2.99. The molecule has 78 valence electrons. The van der Waals surface area contributed by atoms with Gasteiger partial charge in [0.25, 0.3) is 0 Å². The molecular formula is C11H14N4. The molecular weight excluding hydrogens is 188 g/mol. The molecule has 4 heteroatoms. The molecule has 1 saturated carbocycles. The lowest BCUT2D eigenvalue weighted by Gasteiger charge is -2.25. The molecule has 0 saturated heterocycles. The van der Waals surface area contributed by atoms with Crippen LogP contribution in [0, 0.1) is 6.92 Å². The van der Waals surface area contributed by atoms with Gasteiger partial charge in [0.1, 0.15) is 0 Å². The number of anilines is 1. The summed E-state index contributed by atoms with van der Waals surface area (Å²) in [5.74, 6) is 0.758. The Morgan fingerprint density at radius 2 is 2.27 bits per heavy atom. The number of nitrogens with one attached hydrogen (secondary N) is 1. The molecule has 0 atom stereocenters. The highest BCUT2D eigenvalue weighted by Gasteiger charge is 2.18. The van der Waals surface area contributed by atoms with E-state index in [-0.39, 0.29) is 0 Å². The third kappa shape index (κ3) is 1.46. The van der Waals surface area contributed by atoms with Crippen LogP contribution in [0.2, 0.25) is 0 Å². The molecule has 0 unspecified atom stereocenters. The van der Waals surface area contributed by atoms with E-state index < -0.39 is 0 Å². The van der Waals surface area contributed by atoms with Gasteiger partial charge in [-0.2, -0.15) is 4.98 Å². The average molecular weight is 202 g/mol. The van der Waals surface area contributed by atoms with E-state index in [1.165, 1.54) is 19.3 Å². The Labute approximate surface area is 88.3 Å². The predicted octanol–water partition coefficient (Wildman–Crippen LogP) is 2.00. The highest BCUT2D eigenvalue weighted by Crippen LogP contribution is 2.21. The fraction of sp³-hybridized carbons (Fsp3) is 0.455. The van der Waals surface area contributed by atoms with Crippen LogP contribution in [0.5, 0.6) is 0 Å². The van der Waals surface area contributed by atoms with Crippen LogP contribution in [0.15, 0.2) is 18.2 Å². The van der Waals surface area contributed by atoms with Crippen LogP contribution in [-0.2, 0) is 0 Å². The summed E-state index contributed by atoms with van der Waals surface area (Å²) < 4.78 is 1.88. The SMILES string of the molecule is Cc1cccc2nc(NC3CCC3)nn12. The number of aryl methyl sites for hydroxylation is 1. The quantitative estimate of drug-likeness (QED) is 0.810. The van der Waals surface area contributed by atoms with Crippen LogP contribution in [0.4, 0.5) is 5.95 Å². The van der Waals surface area contributed by atoms with Gasteiger partial charge in [0.15, 0.2) is 5.65 Å². The van der Waals surface area contributed by atoms with Gasteiger partial charge in [0.05, 0.1) is 0 Å². The number of pyridine rings is 1. The van der Waals surface area contributed by atoms with E-state index in [4.69, 9.17) is 0 Å². The summed E-state index contributed by atoms with van der Waals surface area (Å²) >= 11 is 0. The maximum Gasteiger partial charge on any atom is 0.243 e. The minimum Gasteiger partial charge on any atom is -0.350 e. The van der Waals surface area contributed by atoms with Gasteiger partial charge in [0.2, 0.25) is 5.95 Å². The summed E-state index contributed by atoms with van der Waals surface area (Å²) in [5, 5.41) is 7.78. The summed E-state index contributed by atoms with van der Waals surface area (Å²) in [7, 11) is 0. The van der Waals surface area contributed by atoms with Gasteiger partial charge >= 0.3 is 0 Å². The monoisotopic (exact) mass is 202 g/mol. The Morgan fingerprint density at radius 3 is 2.93 bits per heavy atom. The van der Waals surface area contributed by atoms with E-state index in [9.17, 15) is 0 Å². The van der Waals surface area contributed by atoms with E-state index in [2.05, 4.69) is 15.4 Å². The molecule has 0 bridgehead atoms. The molecule has 3 rings (SSSR count). The molecule has 1 N–H and O–H groups in total. The van der Waals surface area contributed by atoms with Crippen LogP contribution < -0.4 is 5.32 Å². The van der Waals surface area contributed by atoms with Gasteiger partial charge in [-0.3, -0.25) is 0 Å².